The molecule has 1 aromatic carbocycles. The zero-order chi connectivity index (χ0) is 11.2. The first-order valence-electron chi connectivity index (χ1n) is 5.05. The molecule has 0 saturated heterocycles. The number of thioether (sulfide) groups is 1. The monoisotopic (exact) mass is 231 g/mol. The molecule has 1 atom stereocenters. The van der Waals surface area contributed by atoms with Crippen LogP contribution in [0.3, 0.4) is 0 Å². The highest BCUT2D eigenvalue weighted by Gasteiger charge is 2.06. The van der Waals surface area contributed by atoms with Gasteiger partial charge in [-0.05, 0) is 5.56 Å². The van der Waals surface area contributed by atoms with Crippen molar-refractivity contribution in [3.05, 3.63) is 54.5 Å². The molecule has 1 aromatic heterocycles. The minimum absolute atomic E-state index is 0.0354. The number of nitrogens with two attached hydrogens (primary N) is 1. The Kier molecular flexibility index (Phi) is 3.91. The highest BCUT2D eigenvalue weighted by atomic mass is 32.2. The molecule has 2 rings (SSSR count). The van der Waals surface area contributed by atoms with Crippen molar-refractivity contribution in [3.63, 3.8) is 0 Å². The predicted octanol–water partition coefficient (Wildman–Crippen LogP) is 2.27. The standard InChI is InChI=1S/C12H13N3S/c13-11(10-4-2-1-3-5-10)9-16-12-8-14-6-7-15-12/h1-8,11H,9,13H2. The van der Waals surface area contributed by atoms with Crippen molar-refractivity contribution in [2.75, 3.05) is 5.75 Å². The Hall–Kier alpha value is -1.39. The first-order valence-corrected chi connectivity index (χ1v) is 6.04. The van der Waals surface area contributed by atoms with Crippen molar-refractivity contribution < 1.29 is 0 Å². The van der Waals surface area contributed by atoms with Crippen LogP contribution in [0.1, 0.15) is 11.6 Å². The van der Waals surface area contributed by atoms with Gasteiger partial charge < -0.3 is 5.73 Å². The lowest BCUT2D eigenvalue weighted by molar-refractivity contribution is 0.829. The van der Waals surface area contributed by atoms with Crippen LogP contribution in [0.25, 0.3) is 0 Å². The number of hydrogen-bond acceptors (Lipinski definition) is 4. The van der Waals surface area contributed by atoms with Gasteiger partial charge in [-0.3, -0.25) is 4.98 Å². The molecule has 3 nitrogen and oxygen atoms in total. The van der Waals surface area contributed by atoms with E-state index >= 15 is 0 Å². The molecular weight excluding hydrogens is 218 g/mol. The quantitative estimate of drug-likeness (QED) is 0.820. The van der Waals surface area contributed by atoms with Crippen LogP contribution in [-0.2, 0) is 0 Å². The van der Waals surface area contributed by atoms with Gasteiger partial charge in [0.25, 0.3) is 0 Å². The van der Waals surface area contributed by atoms with Gasteiger partial charge in [-0.1, -0.05) is 30.3 Å². The summed E-state index contributed by atoms with van der Waals surface area (Å²) in [6, 6.07) is 10.1. The molecule has 0 fully saturated rings. The lowest BCUT2D eigenvalue weighted by Crippen LogP contribution is -2.12. The molecule has 0 amide bonds. The predicted molar refractivity (Wildman–Crippen MR) is 66.1 cm³/mol. The van der Waals surface area contributed by atoms with Crippen LogP contribution < -0.4 is 5.73 Å². The van der Waals surface area contributed by atoms with Gasteiger partial charge in [0.15, 0.2) is 0 Å². The van der Waals surface area contributed by atoms with Gasteiger partial charge in [0, 0.05) is 24.2 Å². The molecule has 1 unspecified atom stereocenters. The van der Waals surface area contributed by atoms with Crippen LogP contribution in [0.4, 0.5) is 0 Å². The van der Waals surface area contributed by atoms with Crippen molar-refractivity contribution in [2.45, 2.75) is 11.1 Å². The molecule has 0 aliphatic rings. The fourth-order valence-corrected chi connectivity index (χ4v) is 2.15. The summed E-state index contributed by atoms with van der Waals surface area (Å²) in [5, 5.41) is 0.911. The number of rotatable bonds is 4. The fourth-order valence-electron chi connectivity index (χ4n) is 1.33. The van der Waals surface area contributed by atoms with Gasteiger partial charge in [-0.25, -0.2) is 4.98 Å². The van der Waals surface area contributed by atoms with E-state index in [9.17, 15) is 0 Å². The first kappa shape index (κ1) is 11.1. The van der Waals surface area contributed by atoms with Crippen molar-refractivity contribution in [1.29, 1.82) is 0 Å². The Bertz CT molecular complexity index is 419. The summed E-state index contributed by atoms with van der Waals surface area (Å²) in [5.74, 6) is 0.808. The van der Waals surface area contributed by atoms with Crippen molar-refractivity contribution in [2.24, 2.45) is 5.73 Å². The third-order valence-corrected chi connectivity index (χ3v) is 3.21. The Labute approximate surface area is 99.1 Å². The Morgan fingerprint density at radius 3 is 2.69 bits per heavy atom. The number of hydrogen-bond donors (Lipinski definition) is 1. The highest BCUT2D eigenvalue weighted by Crippen LogP contribution is 2.20. The Balaban J connectivity index is 1.92. The third kappa shape index (κ3) is 3.05. The SMILES string of the molecule is NC(CSc1cnccn1)c1ccccc1. The molecule has 16 heavy (non-hydrogen) atoms. The van der Waals surface area contributed by atoms with Crippen LogP contribution in [0.15, 0.2) is 53.9 Å². The maximum absolute atomic E-state index is 6.07. The summed E-state index contributed by atoms with van der Waals surface area (Å²) >= 11 is 1.62. The second-order valence-electron chi connectivity index (χ2n) is 3.37. The van der Waals surface area contributed by atoms with Crippen molar-refractivity contribution in [1.82, 2.24) is 9.97 Å². The minimum Gasteiger partial charge on any atom is -0.323 e. The maximum atomic E-state index is 6.07. The van der Waals surface area contributed by atoms with Crippen LogP contribution in [-0.4, -0.2) is 15.7 Å². The largest absolute Gasteiger partial charge is 0.323 e. The van der Waals surface area contributed by atoms with Crippen molar-refractivity contribution >= 4 is 11.8 Å². The molecule has 0 aliphatic carbocycles. The van der Waals surface area contributed by atoms with E-state index in [1.165, 1.54) is 0 Å². The topological polar surface area (TPSA) is 51.8 Å². The summed E-state index contributed by atoms with van der Waals surface area (Å²) in [7, 11) is 0. The zero-order valence-corrected chi connectivity index (χ0v) is 9.60. The smallest absolute Gasteiger partial charge is 0.114 e. The summed E-state index contributed by atoms with van der Waals surface area (Å²) < 4.78 is 0. The molecule has 0 saturated carbocycles. The van der Waals surface area contributed by atoms with Crippen LogP contribution in [0.5, 0.6) is 0 Å². The second kappa shape index (κ2) is 5.63. The summed E-state index contributed by atoms with van der Waals surface area (Å²) in [4.78, 5) is 8.20. The molecule has 0 bridgehead atoms. The second-order valence-corrected chi connectivity index (χ2v) is 4.41. The highest BCUT2D eigenvalue weighted by molar-refractivity contribution is 7.99. The molecule has 2 N–H and O–H groups in total. The lowest BCUT2D eigenvalue weighted by atomic mass is 10.1. The molecule has 0 aliphatic heterocycles. The average molecular weight is 231 g/mol. The van der Waals surface area contributed by atoms with E-state index in [2.05, 4.69) is 9.97 Å². The Morgan fingerprint density at radius 1 is 1.19 bits per heavy atom. The van der Waals surface area contributed by atoms with E-state index in [0.29, 0.717) is 0 Å². The fraction of sp³-hybridized carbons (Fsp3) is 0.167. The van der Waals surface area contributed by atoms with Gasteiger partial charge in [-0.15, -0.1) is 11.8 Å². The third-order valence-electron chi connectivity index (χ3n) is 2.18. The van der Waals surface area contributed by atoms with Crippen LogP contribution in [0.2, 0.25) is 0 Å². The van der Waals surface area contributed by atoms with E-state index in [1.807, 2.05) is 30.3 Å². The number of nitrogens with zero attached hydrogens (tertiary/aromatic N) is 2. The van der Waals surface area contributed by atoms with Crippen LogP contribution >= 0.6 is 11.8 Å². The van der Waals surface area contributed by atoms with E-state index in [4.69, 9.17) is 5.73 Å². The van der Waals surface area contributed by atoms with E-state index < -0.39 is 0 Å². The summed E-state index contributed by atoms with van der Waals surface area (Å²) in [5.41, 5.74) is 7.23. The van der Waals surface area contributed by atoms with E-state index in [1.54, 1.807) is 30.4 Å². The van der Waals surface area contributed by atoms with E-state index in [0.717, 1.165) is 16.3 Å². The van der Waals surface area contributed by atoms with Gasteiger partial charge in [-0.2, -0.15) is 0 Å². The van der Waals surface area contributed by atoms with Gasteiger partial charge in [0.1, 0.15) is 5.03 Å². The van der Waals surface area contributed by atoms with E-state index in [-0.39, 0.29) is 6.04 Å². The molecule has 82 valence electrons. The summed E-state index contributed by atoms with van der Waals surface area (Å²) in [6.45, 7) is 0. The number of aromatic nitrogens is 2. The molecule has 0 radical (unpaired) electrons. The maximum Gasteiger partial charge on any atom is 0.114 e. The average Bonchev–Trinajstić information content (AvgIpc) is 2.38. The summed E-state index contributed by atoms with van der Waals surface area (Å²) in [6.07, 6.45) is 5.11. The first-order chi connectivity index (χ1) is 7.86. The zero-order valence-electron chi connectivity index (χ0n) is 8.78. The minimum atomic E-state index is 0.0354. The Morgan fingerprint density at radius 2 is 2.00 bits per heavy atom. The van der Waals surface area contributed by atoms with Gasteiger partial charge >= 0.3 is 0 Å². The van der Waals surface area contributed by atoms with Gasteiger partial charge in [0.05, 0.1) is 6.20 Å². The van der Waals surface area contributed by atoms with Crippen LogP contribution in [0, 0.1) is 0 Å². The number of benzene rings is 1. The molecule has 1 heterocycles. The molecular formula is C12H13N3S. The van der Waals surface area contributed by atoms with Crippen molar-refractivity contribution in [3.8, 4) is 0 Å². The normalized spacial score (nSPS) is 12.3. The molecule has 2 aromatic rings. The lowest BCUT2D eigenvalue weighted by Gasteiger charge is -2.10. The van der Waals surface area contributed by atoms with Gasteiger partial charge in [0.2, 0.25) is 0 Å². The molecule has 4 heteroatoms. The molecule has 0 spiro atoms.